The smallest absolute Gasteiger partial charge is 0.460 e. The molecule has 23 heavy (non-hydrogen) atoms. The highest BCUT2D eigenvalue weighted by atomic mass is 16.7. The number of amides is 1. The summed E-state index contributed by atoms with van der Waals surface area (Å²) in [4.78, 5) is 34.1. The Labute approximate surface area is 134 Å². The molecule has 1 amide bonds. The zero-order valence-corrected chi connectivity index (χ0v) is 13.1. The van der Waals surface area contributed by atoms with E-state index in [1.54, 1.807) is 13.8 Å². The van der Waals surface area contributed by atoms with Gasteiger partial charge in [-0.1, -0.05) is 6.58 Å². The second-order valence-corrected chi connectivity index (χ2v) is 4.48. The minimum absolute atomic E-state index is 0.0406. The molecule has 1 aromatic rings. The van der Waals surface area contributed by atoms with Crippen LogP contribution in [0, 0.1) is 0 Å². The Balaban J connectivity index is 2.40. The van der Waals surface area contributed by atoms with Gasteiger partial charge in [0.25, 0.3) is 0 Å². The molecule has 124 valence electrons. The molecule has 0 saturated carbocycles. The van der Waals surface area contributed by atoms with Crippen LogP contribution in [0.1, 0.15) is 24.2 Å². The minimum Gasteiger partial charge on any atom is -0.460 e. The number of benzene rings is 1. The van der Waals surface area contributed by atoms with Crippen molar-refractivity contribution in [2.75, 3.05) is 19.8 Å². The van der Waals surface area contributed by atoms with E-state index in [1.165, 1.54) is 24.3 Å². The summed E-state index contributed by atoms with van der Waals surface area (Å²) in [6, 6.07) is 5.83. The third-order valence-corrected chi connectivity index (χ3v) is 2.56. The highest BCUT2D eigenvalue weighted by Crippen LogP contribution is 2.13. The number of carbonyl (C=O) groups excluding carboxylic acids is 3. The molecule has 0 spiro atoms. The van der Waals surface area contributed by atoms with E-state index in [1.807, 2.05) is 0 Å². The molecule has 0 aliphatic heterocycles. The average Bonchev–Trinajstić information content (AvgIpc) is 2.51. The predicted molar refractivity (Wildman–Crippen MR) is 82.2 cm³/mol. The summed E-state index contributed by atoms with van der Waals surface area (Å²) in [5.41, 5.74) is 0.681. The number of nitrogens with one attached hydrogen (secondary N) is 1. The number of esters is 1. The lowest BCUT2D eigenvalue weighted by atomic mass is 10.2. The molecule has 0 aliphatic carbocycles. The number of ether oxygens (including phenoxy) is 3. The maximum absolute atomic E-state index is 11.8. The Morgan fingerprint density at radius 3 is 2.35 bits per heavy atom. The van der Waals surface area contributed by atoms with Gasteiger partial charge in [-0.2, -0.15) is 0 Å². The fourth-order valence-corrected chi connectivity index (χ4v) is 1.45. The molecule has 0 bridgehead atoms. The van der Waals surface area contributed by atoms with Crippen LogP contribution < -0.4 is 10.1 Å². The second-order valence-electron chi connectivity index (χ2n) is 4.48. The van der Waals surface area contributed by atoms with Gasteiger partial charge in [-0.3, -0.25) is 4.79 Å². The maximum atomic E-state index is 11.8. The molecule has 0 atom stereocenters. The van der Waals surface area contributed by atoms with Gasteiger partial charge in [0.1, 0.15) is 12.4 Å². The highest BCUT2D eigenvalue weighted by molar-refractivity contribution is 5.92. The quantitative estimate of drug-likeness (QED) is 0.358. The summed E-state index contributed by atoms with van der Waals surface area (Å²) in [6.07, 6.45) is -0.809. The van der Waals surface area contributed by atoms with Gasteiger partial charge in [-0.25, -0.2) is 9.59 Å². The third-order valence-electron chi connectivity index (χ3n) is 2.56. The van der Waals surface area contributed by atoms with Crippen LogP contribution in [-0.4, -0.2) is 37.8 Å². The minimum atomic E-state index is -0.809. The topological polar surface area (TPSA) is 90.9 Å². The lowest BCUT2D eigenvalue weighted by Gasteiger charge is -2.07. The summed E-state index contributed by atoms with van der Waals surface area (Å²) in [5, 5.41) is 2.54. The summed E-state index contributed by atoms with van der Waals surface area (Å²) in [7, 11) is 0. The summed E-state index contributed by atoms with van der Waals surface area (Å²) in [6.45, 7) is 7.19. The Hall–Kier alpha value is -2.83. The summed E-state index contributed by atoms with van der Waals surface area (Å²) in [5.74, 6) is -0.576. The molecule has 0 fully saturated rings. The fraction of sp³-hybridized carbons (Fsp3) is 0.312. The number of hydrogen-bond acceptors (Lipinski definition) is 6. The van der Waals surface area contributed by atoms with Crippen molar-refractivity contribution in [3.8, 4) is 5.75 Å². The number of carbonyl (C=O) groups is 3. The Morgan fingerprint density at radius 1 is 1.13 bits per heavy atom. The standard InChI is InChI=1S/C16H19NO6/c1-4-21-16(20)23-13-7-5-12(6-8-13)15(19)22-10-9-17-14(18)11(2)3/h5-8H,2,4,9-10H2,1,3H3,(H,17,18). The molecule has 7 heteroatoms. The number of hydrogen-bond donors (Lipinski definition) is 1. The van der Waals surface area contributed by atoms with Crippen molar-refractivity contribution < 1.29 is 28.6 Å². The van der Waals surface area contributed by atoms with E-state index in [0.717, 1.165) is 0 Å². The second kappa shape index (κ2) is 9.24. The SMILES string of the molecule is C=C(C)C(=O)NCCOC(=O)c1ccc(OC(=O)OCC)cc1. The maximum Gasteiger partial charge on any atom is 0.513 e. The highest BCUT2D eigenvalue weighted by Gasteiger charge is 2.09. The lowest BCUT2D eigenvalue weighted by molar-refractivity contribution is -0.117. The normalized spacial score (nSPS) is 9.65. The van der Waals surface area contributed by atoms with Crippen molar-refractivity contribution in [2.24, 2.45) is 0 Å². The first-order valence-corrected chi connectivity index (χ1v) is 6.99. The molecule has 0 heterocycles. The van der Waals surface area contributed by atoms with Crippen molar-refractivity contribution in [3.05, 3.63) is 42.0 Å². The van der Waals surface area contributed by atoms with Crippen molar-refractivity contribution in [1.82, 2.24) is 5.32 Å². The van der Waals surface area contributed by atoms with Crippen LogP contribution in [0.5, 0.6) is 5.75 Å². The first-order valence-electron chi connectivity index (χ1n) is 6.99. The van der Waals surface area contributed by atoms with Crippen molar-refractivity contribution >= 4 is 18.0 Å². The average molecular weight is 321 g/mol. The molecule has 1 N–H and O–H groups in total. The Kier molecular flexibility index (Phi) is 7.32. The van der Waals surface area contributed by atoms with Gasteiger partial charge in [0.15, 0.2) is 0 Å². The van der Waals surface area contributed by atoms with E-state index in [9.17, 15) is 14.4 Å². The molecule has 7 nitrogen and oxygen atoms in total. The predicted octanol–water partition coefficient (Wildman–Crippen LogP) is 2.07. The van der Waals surface area contributed by atoms with Gasteiger partial charge in [0.2, 0.25) is 5.91 Å². The van der Waals surface area contributed by atoms with Crippen LogP contribution in [-0.2, 0) is 14.3 Å². The Morgan fingerprint density at radius 2 is 1.78 bits per heavy atom. The van der Waals surface area contributed by atoms with Crippen LogP contribution in [0.25, 0.3) is 0 Å². The summed E-state index contributed by atoms with van der Waals surface area (Å²) < 4.78 is 14.5. The van der Waals surface area contributed by atoms with E-state index in [4.69, 9.17) is 9.47 Å². The van der Waals surface area contributed by atoms with Crippen molar-refractivity contribution in [3.63, 3.8) is 0 Å². The third kappa shape index (κ3) is 6.64. The number of rotatable bonds is 7. The van der Waals surface area contributed by atoms with Crippen molar-refractivity contribution in [2.45, 2.75) is 13.8 Å². The van der Waals surface area contributed by atoms with E-state index >= 15 is 0 Å². The zero-order valence-electron chi connectivity index (χ0n) is 13.1. The molecule has 0 aromatic heterocycles. The van der Waals surface area contributed by atoms with Gasteiger partial charge in [0.05, 0.1) is 18.7 Å². The van der Waals surface area contributed by atoms with Crippen LogP contribution >= 0.6 is 0 Å². The Bertz CT molecular complexity index is 579. The van der Waals surface area contributed by atoms with Crippen LogP contribution in [0.2, 0.25) is 0 Å². The molecule has 0 radical (unpaired) electrons. The van der Waals surface area contributed by atoms with Gasteiger partial charge >= 0.3 is 12.1 Å². The van der Waals surface area contributed by atoms with E-state index in [0.29, 0.717) is 11.1 Å². The molecule has 1 rings (SSSR count). The first kappa shape index (κ1) is 18.2. The van der Waals surface area contributed by atoms with Crippen LogP contribution in [0.4, 0.5) is 4.79 Å². The van der Waals surface area contributed by atoms with Gasteiger partial charge in [0, 0.05) is 5.57 Å². The molecule has 0 aliphatic rings. The first-order chi connectivity index (χ1) is 10.9. The largest absolute Gasteiger partial charge is 0.513 e. The molecular weight excluding hydrogens is 302 g/mol. The van der Waals surface area contributed by atoms with E-state index in [2.05, 4.69) is 16.6 Å². The van der Waals surface area contributed by atoms with Gasteiger partial charge < -0.3 is 19.5 Å². The van der Waals surface area contributed by atoms with E-state index < -0.39 is 12.1 Å². The molecule has 0 unspecified atom stereocenters. The summed E-state index contributed by atoms with van der Waals surface area (Å²) >= 11 is 0. The van der Waals surface area contributed by atoms with Gasteiger partial charge in [-0.15, -0.1) is 0 Å². The molecular formula is C16H19NO6. The van der Waals surface area contributed by atoms with E-state index in [-0.39, 0.29) is 31.4 Å². The molecule has 0 saturated heterocycles. The fourth-order valence-electron chi connectivity index (χ4n) is 1.45. The molecule has 1 aromatic carbocycles. The zero-order chi connectivity index (χ0) is 17.2. The van der Waals surface area contributed by atoms with Crippen molar-refractivity contribution in [1.29, 1.82) is 0 Å². The lowest BCUT2D eigenvalue weighted by Crippen LogP contribution is -2.28. The van der Waals surface area contributed by atoms with Gasteiger partial charge in [-0.05, 0) is 38.1 Å². The monoisotopic (exact) mass is 321 g/mol. The van der Waals surface area contributed by atoms with Crippen LogP contribution in [0.15, 0.2) is 36.4 Å². The van der Waals surface area contributed by atoms with Crippen LogP contribution in [0.3, 0.4) is 0 Å².